The number of esters is 1. The Bertz CT molecular complexity index is 1760. The lowest BCUT2D eigenvalue weighted by Gasteiger charge is -2.24. The molecule has 1 atom stereocenters. The molecular formula is C29H25ClN2O5S. The summed E-state index contributed by atoms with van der Waals surface area (Å²) >= 11 is 7.42. The molecular weight excluding hydrogens is 524 g/mol. The van der Waals surface area contributed by atoms with Crippen molar-refractivity contribution in [1.29, 1.82) is 0 Å². The smallest absolute Gasteiger partial charge is 0.338 e. The molecule has 1 aliphatic rings. The van der Waals surface area contributed by atoms with E-state index in [4.69, 9.17) is 25.5 Å². The fraction of sp³-hybridized carbons (Fsp3) is 0.207. The van der Waals surface area contributed by atoms with E-state index in [1.54, 1.807) is 27.0 Å². The maximum atomic E-state index is 13.8. The van der Waals surface area contributed by atoms with E-state index in [1.165, 1.54) is 15.9 Å². The van der Waals surface area contributed by atoms with E-state index in [1.807, 2.05) is 61.5 Å². The molecule has 0 aliphatic carbocycles. The van der Waals surface area contributed by atoms with Gasteiger partial charge in [-0.3, -0.25) is 9.36 Å². The standard InChI is InChI=1S/C29H25ClN2O5S/c1-5-36-28(34)25-17(3)31-29-32(26(25)18-7-6-8-20(13-18)35-4)27(33)24(38-29)15-21-11-12-23(37-21)22-14-19(30)10-9-16(22)2/h6-15,26H,5H2,1-4H3. The van der Waals surface area contributed by atoms with Crippen LogP contribution >= 0.6 is 22.9 Å². The maximum absolute atomic E-state index is 13.8. The van der Waals surface area contributed by atoms with Crippen molar-refractivity contribution in [2.24, 2.45) is 4.99 Å². The molecule has 194 valence electrons. The third kappa shape index (κ3) is 4.73. The van der Waals surface area contributed by atoms with Crippen LogP contribution in [0.4, 0.5) is 0 Å². The second-order valence-electron chi connectivity index (χ2n) is 8.74. The van der Waals surface area contributed by atoms with Crippen molar-refractivity contribution in [3.63, 3.8) is 0 Å². The second kappa shape index (κ2) is 10.5. The molecule has 38 heavy (non-hydrogen) atoms. The Morgan fingerprint density at radius 3 is 2.76 bits per heavy atom. The molecule has 0 fully saturated rings. The van der Waals surface area contributed by atoms with Crippen molar-refractivity contribution in [1.82, 2.24) is 4.57 Å². The summed E-state index contributed by atoms with van der Waals surface area (Å²) in [6.45, 7) is 5.68. The zero-order chi connectivity index (χ0) is 27.0. The number of hydrogen-bond acceptors (Lipinski definition) is 7. The van der Waals surface area contributed by atoms with Crippen LogP contribution in [0.2, 0.25) is 5.02 Å². The number of carbonyl (C=O) groups is 1. The van der Waals surface area contributed by atoms with Crippen molar-refractivity contribution < 1.29 is 18.7 Å². The monoisotopic (exact) mass is 548 g/mol. The van der Waals surface area contributed by atoms with Gasteiger partial charge in [-0.15, -0.1) is 0 Å². The van der Waals surface area contributed by atoms with E-state index < -0.39 is 12.0 Å². The average Bonchev–Trinajstić information content (AvgIpc) is 3.49. The molecule has 4 aromatic rings. The van der Waals surface area contributed by atoms with E-state index in [0.717, 1.165) is 11.1 Å². The Kier molecular flexibility index (Phi) is 7.10. The number of allylic oxidation sites excluding steroid dienone is 1. The molecule has 0 bridgehead atoms. The highest BCUT2D eigenvalue weighted by Crippen LogP contribution is 2.32. The lowest BCUT2D eigenvalue weighted by atomic mass is 9.95. The SMILES string of the molecule is CCOC(=O)C1=C(C)N=c2sc(=Cc3ccc(-c4cc(Cl)ccc4C)o3)c(=O)n2C1c1cccc(OC)c1. The number of aryl methyl sites for hydroxylation is 1. The molecule has 0 spiro atoms. The average molecular weight is 549 g/mol. The molecule has 1 aliphatic heterocycles. The summed E-state index contributed by atoms with van der Waals surface area (Å²) in [5.41, 5.74) is 3.15. The highest BCUT2D eigenvalue weighted by atomic mass is 35.5. The number of fused-ring (bicyclic) bond motifs is 1. The number of carbonyl (C=O) groups excluding carboxylic acids is 1. The number of aromatic nitrogens is 1. The minimum atomic E-state index is -0.719. The summed E-state index contributed by atoms with van der Waals surface area (Å²) in [5, 5.41) is 0.613. The Morgan fingerprint density at radius 2 is 2.00 bits per heavy atom. The number of rotatable bonds is 6. The minimum absolute atomic E-state index is 0.206. The number of halogens is 1. The lowest BCUT2D eigenvalue weighted by Crippen LogP contribution is -2.39. The van der Waals surface area contributed by atoms with Gasteiger partial charge in [-0.2, -0.15) is 0 Å². The highest BCUT2D eigenvalue weighted by molar-refractivity contribution is 7.07. The molecule has 0 saturated carbocycles. The Labute approximate surface area is 227 Å². The van der Waals surface area contributed by atoms with Crippen LogP contribution in [0, 0.1) is 6.92 Å². The number of benzene rings is 2. The van der Waals surface area contributed by atoms with Crippen LogP contribution in [0.15, 0.2) is 80.1 Å². The summed E-state index contributed by atoms with van der Waals surface area (Å²) in [6, 6.07) is 15.8. The number of thiazole rings is 1. The van der Waals surface area contributed by atoms with Gasteiger partial charge in [-0.25, -0.2) is 9.79 Å². The van der Waals surface area contributed by atoms with E-state index in [-0.39, 0.29) is 12.2 Å². The first-order chi connectivity index (χ1) is 18.3. The zero-order valence-corrected chi connectivity index (χ0v) is 22.9. The van der Waals surface area contributed by atoms with Crippen LogP contribution in [-0.2, 0) is 9.53 Å². The first-order valence-corrected chi connectivity index (χ1v) is 13.2. The molecule has 5 rings (SSSR count). The third-order valence-corrected chi connectivity index (χ3v) is 7.51. The fourth-order valence-corrected chi connectivity index (χ4v) is 5.68. The van der Waals surface area contributed by atoms with E-state index in [9.17, 15) is 9.59 Å². The van der Waals surface area contributed by atoms with Crippen LogP contribution in [0.25, 0.3) is 17.4 Å². The maximum Gasteiger partial charge on any atom is 0.338 e. The van der Waals surface area contributed by atoms with Gasteiger partial charge in [0.15, 0.2) is 4.80 Å². The van der Waals surface area contributed by atoms with Gasteiger partial charge in [-0.05, 0) is 68.3 Å². The molecule has 0 N–H and O–H groups in total. The zero-order valence-electron chi connectivity index (χ0n) is 21.3. The van der Waals surface area contributed by atoms with Crippen molar-refractivity contribution >= 4 is 35.0 Å². The molecule has 0 radical (unpaired) electrons. The topological polar surface area (TPSA) is 83.0 Å². The molecule has 3 heterocycles. The van der Waals surface area contributed by atoms with Gasteiger partial charge in [0.25, 0.3) is 5.56 Å². The van der Waals surface area contributed by atoms with Crippen LogP contribution < -0.4 is 19.6 Å². The number of hydrogen-bond donors (Lipinski definition) is 0. The van der Waals surface area contributed by atoms with Gasteiger partial charge in [0, 0.05) is 16.7 Å². The van der Waals surface area contributed by atoms with Crippen LogP contribution in [0.3, 0.4) is 0 Å². The van der Waals surface area contributed by atoms with Crippen molar-refractivity contribution in [2.45, 2.75) is 26.8 Å². The van der Waals surface area contributed by atoms with E-state index in [2.05, 4.69) is 4.99 Å². The quantitative estimate of drug-likeness (QED) is 0.316. The molecule has 2 aromatic carbocycles. The summed E-state index contributed by atoms with van der Waals surface area (Å²) < 4.78 is 18.8. The van der Waals surface area contributed by atoms with Crippen molar-refractivity contribution in [2.75, 3.05) is 13.7 Å². The fourth-order valence-electron chi connectivity index (χ4n) is 4.48. The van der Waals surface area contributed by atoms with Crippen molar-refractivity contribution in [3.05, 3.63) is 107 Å². The van der Waals surface area contributed by atoms with Gasteiger partial charge in [-0.1, -0.05) is 41.1 Å². The number of methoxy groups -OCH3 is 1. The number of furan rings is 1. The molecule has 7 nitrogen and oxygen atoms in total. The van der Waals surface area contributed by atoms with Gasteiger partial charge in [0.05, 0.1) is 35.6 Å². The molecule has 0 amide bonds. The minimum Gasteiger partial charge on any atom is -0.497 e. The summed E-state index contributed by atoms with van der Waals surface area (Å²) in [7, 11) is 1.57. The predicted octanol–water partition coefficient (Wildman–Crippen LogP) is 5.03. The third-order valence-electron chi connectivity index (χ3n) is 6.29. The van der Waals surface area contributed by atoms with Gasteiger partial charge >= 0.3 is 5.97 Å². The normalized spacial score (nSPS) is 15.3. The van der Waals surface area contributed by atoms with Gasteiger partial charge < -0.3 is 13.9 Å². The van der Waals surface area contributed by atoms with E-state index >= 15 is 0 Å². The van der Waals surface area contributed by atoms with Gasteiger partial charge in [0.2, 0.25) is 0 Å². The summed E-state index contributed by atoms with van der Waals surface area (Å²) in [6.07, 6.45) is 1.69. The Hall–Kier alpha value is -3.88. The van der Waals surface area contributed by atoms with Crippen LogP contribution in [0.1, 0.15) is 36.8 Å². The lowest BCUT2D eigenvalue weighted by molar-refractivity contribution is -0.139. The predicted molar refractivity (Wildman–Crippen MR) is 147 cm³/mol. The first kappa shape index (κ1) is 25.8. The molecule has 0 saturated heterocycles. The molecule has 9 heteroatoms. The summed E-state index contributed by atoms with van der Waals surface area (Å²) in [5.74, 6) is 1.27. The molecule has 1 unspecified atom stereocenters. The number of ether oxygens (including phenoxy) is 2. The van der Waals surface area contributed by atoms with Crippen molar-refractivity contribution in [3.8, 4) is 17.1 Å². The summed E-state index contributed by atoms with van der Waals surface area (Å²) in [4.78, 5) is 31.9. The van der Waals surface area contributed by atoms with E-state index in [0.29, 0.717) is 48.5 Å². The Balaban J connectivity index is 1.65. The second-order valence-corrected chi connectivity index (χ2v) is 10.2. The first-order valence-electron chi connectivity index (χ1n) is 12.0. The van der Waals surface area contributed by atoms with Crippen LogP contribution in [-0.4, -0.2) is 24.3 Å². The Morgan fingerprint density at radius 1 is 1.18 bits per heavy atom. The largest absolute Gasteiger partial charge is 0.497 e. The van der Waals surface area contributed by atoms with Crippen LogP contribution in [0.5, 0.6) is 5.75 Å². The number of nitrogens with zero attached hydrogens (tertiary/aromatic N) is 2. The highest BCUT2D eigenvalue weighted by Gasteiger charge is 2.33. The van der Waals surface area contributed by atoms with Gasteiger partial charge in [0.1, 0.15) is 17.3 Å². The molecule has 2 aromatic heterocycles.